The molecule has 1 atom stereocenters. The molecular weight excluding hydrogens is 333 g/mol. The molecule has 0 bridgehead atoms. The monoisotopic (exact) mass is 350 g/mol. The van der Waals surface area contributed by atoms with Gasteiger partial charge in [0.05, 0.1) is 11.6 Å². The molecule has 2 N–H and O–H groups in total. The second-order valence-corrected chi connectivity index (χ2v) is 5.58. The molecule has 0 fully saturated rings. The maximum atomic E-state index is 12.8. The summed E-state index contributed by atoms with van der Waals surface area (Å²) in [5, 5.41) is 5.22. The zero-order valence-corrected chi connectivity index (χ0v) is 13.6. The Balaban J connectivity index is 2.14. The summed E-state index contributed by atoms with van der Waals surface area (Å²) in [4.78, 5) is 23.4. The topological polar surface area (TPSA) is 58.2 Å². The van der Waals surface area contributed by atoms with Gasteiger partial charge < -0.3 is 10.6 Å². The molecule has 2 aromatic rings. The van der Waals surface area contributed by atoms with Gasteiger partial charge in [-0.2, -0.15) is 13.2 Å². The van der Waals surface area contributed by atoms with Crippen molar-refractivity contribution in [2.24, 2.45) is 0 Å². The third-order valence-corrected chi connectivity index (χ3v) is 3.51. The smallest absolute Gasteiger partial charge is 0.346 e. The van der Waals surface area contributed by atoms with Gasteiger partial charge in [0.2, 0.25) is 5.91 Å². The number of alkyl halides is 3. The number of hydrogen-bond donors (Lipinski definition) is 2. The van der Waals surface area contributed by atoms with Crippen LogP contribution in [0.5, 0.6) is 0 Å². The van der Waals surface area contributed by atoms with E-state index in [9.17, 15) is 22.8 Å². The van der Waals surface area contributed by atoms with Crippen LogP contribution >= 0.6 is 0 Å². The summed E-state index contributed by atoms with van der Waals surface area (Å²) < 4.78 is 38.4. The van der Waals surface area contributed by atoms with E-state index in [1.165, 1.54) is 25.1 Å². The number of anilines is 1. The first-order chi connectivity index (χ1) is 11.7. The van der Waals surface area contributed by atoms with Crippen molar-refractivity contribution in [3.8, 4) is 0 Å². The Labute approximate surface area is 143 Å². The molecule has 4 nitrogen and oxygen atoms in total. The molecule has 132 valence electrons. The third-order valence-electron chi connectivity index (χ3n) is 3.51. The van der Waals surface area contributed by atoms with Crippen LogP contribution in [0.3, 0.4) is 0 Å². The molecule has 0 heterocycles. The van der Waals surface area contributed by atoms with Crippen LogP contribution in [-0.4, -0.2) is 11.8 Å². The van der Waals surface area contributed by atoms with Gasteiger partial charge in [-0.25, -0.2) is 0 Å². The Bertz CT molecular complexity index is 788. The first-order valence-electron chi connectivity index (χ1n) is 7.52. The van der Waals surface area contributed by atoms with E-state index in [0.29, 0.717) is 16.8 Å². The van der Waals surface area contributed by atoms with Crippen LogP contribution < -0.4 is 10.6 Å². The molecular formula is C18H17F3N2O2. The Morgan fingerprint density at radius 1 is 1.04 bits per heavy atom. The highest BCUT2D eigenvalue weighted by molar-refractivity contribution is 5.97. The van der Waals surface area contributed by atoms with Gasteiger partial charge in [-0.3, -0.25) is 9.59 Å². The van der Waals surface area contributed by atoms with Gasteiger partial charge >= 0.3 is 6.18 Å². The van der Waals surface area contributed by atoms with Crippen LogP contribution in [0.4, 0.5) is 18.9 Å². The largest absolute Gasteiger partial charge is 0.416 e. The lowest BCUT2D eigenvalue weighted by Crippen LogP contribution is -2.27. The molecule has 0 spiro atoms. The molecule has 0 saturated carbocycles. The number of hydrogen-bond acceptors (Lipinski definition) is 2. The van der Waals surface area contributed by atoms with E-state index in [0.717, 1.165) is 12.1 Å². The third kappa shape index (κ3) is 5.07. The van der Waals surface area contributed by atoms with Crippen molar-refractivity contribution < 1.29 is 22.8 Å². The Morgan fingerprint density at radius 3 is 2.36 bits per heavy atom. The van der Waals surface area contributed by atoms with Crippen molar-refractivity contribution in [1.29, 1.82) is 0 Å². The van der Waals surface area contributed by atoms with Gasteiger partial charge in [0.1, 0.15) is 0 Å². The average Bonchev–Trinajstić information content (AvgIpc) is 2.53. The Morgan fingerprint density at radius 2 is 1.72 bits per heavy atom. The van der Waals surface area contributed by atoms with Crippen LogP contribution in [0.2, 0.25) is 0 Å². The van der Waals surface area contributed by atoms with Crippen LogP contribution in [-0.2, 0) is 11.0 Å². The van der Waals surface area contributed by atoms with E-state index in [4.69, 9.17) is 0 Å². The van der Waals surface area contributed by atoms with Crippen LogP contribution in [0, 0.1) is 0 Å². The Hall–Kier alpha value is -2.83. The Kier molecular flexibility index (Phi) is 5.46. The number of halogens is 3. The predicted molar refractivity (Wildman–Crippen MR) is 88.1 cm³/mol. The van der Waals surface area contributed by atoms with Gasteiger partial charge in [-0.1, -0.05) is 18.2 Å². The predicted octanol–water partition coefficient (Wildman–Crippen LogP) is 4.15. The highest BCUT2D eigenvalue weighted by atomic mass is 19.4. The van der Waals surface area contributed by atoms with Crippen molar-refractivity contribution in [1.82, 2.24) is 5.32 Å². The fourth-order valence-corrected chi connectivity index (χ4v) is 2.29. The van der Waals surface area contributed by atoms with E-state index in [1.807, 2.05) is 0 Å². The van der Waals surface area contributed by atoms with Crippen LogP contribution in [0.15, 0.2) is 48.5 Å². The molecule has 2 aromatic carbocycles. The van der Waals surface area contributed by atoms with Crippen molar-refractivity contribution in [3.05, 3.63) is 65.2 Å². The second-order valence-electron chi connectivity index (χ2n) is 5.58. The van der Waals surface area contributed by atoms with E-state index in [-0.39, 0.29) is 5.91 Å². The minimum Gasteiger partial charge on any atom is -0.346 e. The van der Waals surface area contributed by atoms with Crippen molar-refractivity contribution in [2.75, 3.05) is 5.32 Å². The van der Waals surface area contributed by atoms with Crippen LogP contribution in [0.1, 0.15) is 41.4 Å². The number of benzene rings is 2. The number of amides is 2. The van der Waals surface area contributed by atoms with Crippen molar-refractivity contribution in [3.63, 3.8) is 0 Å². The van der Waals surface area contributed by atoms with Gasteiger partial charge in [-0.15, -0.1) is 0 Å². The van der Waals surface area contributed by atoms with E-state index in [1.54, 1.807) is 25.1 Å². The summed E-state index contributed by atoms with van der Waals surface area (Å²) in [6.45, 7) is 2.95. The van der Waals surface area contributed by atoms with Gasteiger partial charge in [0, 0.05) is 18.2 Å². The van der Waals surface area contributed by atoms with Gasteiger partial charge in [0.25, 0.3) is 5.91 Å². The maximum absolute atomic E-state index is 12.8. The first-order valence-corrected chi connectivity index (χ1v) is 7.52. The average molecular weight is 350 g/mol. The fourth-order valence-electron chi connectivity index (χ4n) is 2.29. The standard InChI is InChI=1S/C18H17F3N2O2/c1-11(13-5-3-7-15(9-13)18(19,20)21)22-17(25)14-6-4-8-16(10-14)23-12(2)24/h3-11H,1-2H3,(H,22,25)(H,23,24)/t11-/m0/s1. The van der Waals surface area contributed by atoms with E-state index < -0.39 is 23.7 Å². The minimum absolute atomic E-state index is 0.269. The normalized spacial score (nSPS) is 12.4. The van der Waals surface area contributed by atoms with E-state index >= 15 is 0 Å². The summed E-state index contributed by atoms with van der Waals surface area (Å²) in [6, 6.07) is 10.5. The van der Waals surface area contributed by atoms with Crippen LogP contribution in [0.25, 0.3) is 0 Å². The lowest BCUT2D eigenvalue weighted by Gasteiger charge is -2.16. The number of carbonyl (C=O) groups is 2. The number of nitrogens with one attached hydrogen (secondary N) is 2. The highest BCUT2D eigenvalue weighted by Gasteiger charge is 2.30. The molecule has 0 aliphatic rings. The molecule has 0 unspecified atom stereocenters. The summed E-state index contributed by atoms with van der Waals surface area (Å²) in [7, 11) is 0. The first kappa shape index (κ1) is 18.5. The van der Waals surface area contributed by atoms with Crippen molar-refractivity contribution >= 4 is 17.5 Å². The van der Waals surface area contributed by atoms with Crippen molar-refractivity contribution in [2.45, 2.75) is 26.1 Å². The zero-order valence-electron chi connectivity index (χ0n) is 13.6. The fraction of sp³-hybridized carbons (Fsp3) is 0.222. The SMILES string of the molecule is CC(=O)Nc1cccc(C(=O)N[C@@H](C)c2cccc(C(F)(F)F)c2)c1. The van der Waals surface area contributed by atoms with Gasteiger partial charge in [-0.05, 0) is 42.8 Å². The molecule has 2 amide bonds. The highest BCUT2D eigenvalue weighted by Crippen LogP contribution is 2.30. The summed E-state index contributed by atoms with van der Waals surface area (Å²) >= 11 is 0. The zero-order chi connectivity index (χ0) is 18.6. The summed E-state index contributed by atoms with van der Waals surface area (Å²) in [5.74, 6) is -0.716. The quantitative estimate of drug-likeness (QED) is 0.870. The number of carbonyl (C=O) groups excluding carboxylic acids is 2. The molecule has 0 aromatic heterocycles. The lowest BCUT2D eigenvalue weighted by atomic mass is 10.0. The summed E-state index contributed by atoms with van der Waals surface area (Å²) in [5.41, 5.74) is 0.344. The lowest BCUT2D eigenvalue weighted by molar-refractivity contribution is -0.137. The molecule has 0 radical (unpaired) electrons. The summed E-state index contributed by atoms with van der Waals surface area (Å²) in [6.07, 6.45) is -4.44. The molecule has 7 heteroatoms. The number of rotatable bonds is 4. The molecule has 0 aliphatic heterocycles. The molecule has 0 aliphatic carbocycles. The molecule has 0 saturated heterocycles. The minimum atomic E-state index is -4.44. The van der Waals surface area contributed by atoms with Gasteiger partial charge in [0.15, 0.2) is 0 Å². The second kappa shape index (κ2) is 7.38. The molecule has 2 rings (SSSR count). The molecule has 25 heavy (non-hydrogen) atoms. The maximum Gasteiger partial charge on any atom is 0.416 e. The van der Waals surface area contributed by atoms with E-state index in [2.05, 4.69) is 10.6 Å².